The number of hydrogen-bond donors (Lipinski definition) is 0. The maximum atomic E-state index is 4.62. The van der Waals surface area contributed by atoms with Gasteiger partial charge in [0, 0.05) is 46.8 Å². The Hall–Kier alpha value is -5.48. The van der Waals surface area contributed by atoms with Crippen molar-refractivity contribution in [1.29, 1.82) is 0 Å². The first-order chi connectivity index (χ1) is 22.8. The molecule has 46 heavy (non-hydrogen) atoms. The fraction of sp³-hybridized carbons (Fsp3) is 0.143. The standard InChI is InChI=1S/C42H34N4/c1-3-7-39-35(5-1)37-21-23-43-27-41(37)45(39)33-17-13-31(14-18-33)25-29-9-11-30(12-10-29)26-32-15-19-34(20-16-32)46-40-8-4-2-6-36(40)38-22-24-44-28-42(38)46/h1,3-5,7-21,23,27-28H,2,6,22,24-26H2. The lowest BCUT2D eigenvalue weighted by molar-refractivity contribution is 0.907. The van der Waals surface area contributed by atoms with E-state index in [1.807, 2.05) is 12.4 Å². The van der Waals surface area contributed by atoms with Crippen molar-refractivity contribution in [3.63, 3.8) is 0 Å². The van der Waals surface area contributed by atoms with Crippen molar-refractivity contribution < 1.29 is 0 Å². The fourth-order valence-electron chi connectivity index (χ4n) is 7.47. The number of pyridine rings is 1. The van der Waals surface area contributed by atoms with Crippen LogP contribution in [0.2, 0.25) is 0 Å². The molecule has 0 radical (unpaired) electrons. The van der Waals surface area contributed by atoms with Crippen LogP contribution in [-0.4, -0.2) is 26.9 Å². The molecule has 0 atom stereocenters. The molecule has 0 spiro atoms. The number of allylic oxidation sites excluding steroid dienone is 1. The summed E-state index contributed by atoms with van der Waals surface area (Å²) in [4.78, 5) is 9.03. The van der Waals surface area contributed by atoms with Gasteiger partial charge in [0.2, 0.25) is 0 Å². The molecule has 7 aromatic rings. The van der Waals surface area contributed by atoms with Crippen LogP contribution < -0.4 is 0 Å². The topological polar surface area (TPSA) is 35.1 Å². The Balaban J connectivity index is 0.909. The quantitative estimate of drug-likeness (QED) is 0.189. The van der Waals surface area contributed by atoms with E-state index in [4.69, 9.17) is 0 Å². The molecular weight excluding hydrogens is 560 g/mol. The molecule has 0 fully saturated rings. The number of para-hydroxylation sites is 1. The van der Waals surface area contributed by atoms with Gasteiger partial charge in [0.05, 0.1) is 22.9 Å². The van der Waals surface area contributed by atoms with Gasteiger partial charge in [-0.05, 0) is 108 Å². The van der Waals surface area contributed by atoms with Crippen LogP contribution in [0, 0.1) is 0 Å². The van der Waals surface area contributed by atoms with E-state index in [-0.39, 0.29) is 0 Å². The highest BCUT2D eigenvalue weighted by Gasteiger charge is 2.23. The van der Waals surface area contributed by atoms with Crippen LogP contribution in [0.25, 0.3) is 39.3 Å². The zero-order valence-corrected chi connectivity index (χ0v) is 25.7. The summed E-state index contributed by atoms with van der Waals surface area (Å²) in [5.41, 5.74) is 15.6. The lowest BCUT2D eigenvalue weighted by Crippen LogP contribution is -2.07. The zero-order valence-electron chi connectivity index (χ0n) is 25.7. The van der Waals surface area contributed by atoms with Gasteiger partial charge in [-0.15, -0.1) is 0 Å². The monoisotopic (exact) mass is 594 g/mol. The van der Waals surface area contributed by atoms with Gasteiger partial charge in [-0.1, -0.05) is 72.8 Å². The van der Waals surface area contributed by atoms with Crippen LogP contribution in [0.4, 0.5) is 0 Å². The SMILES string of the molecule is C1=Cc2c(c3c(n2-c2ccc(Cc4ccc(Cc5ccc(-n6c7ccccc7c7ccncc76)cc5)cc4)cc2)C=NCC3)CC1. The van der Waals surface area contributed by atoms with Gasteiger partial charge in [-0.2, -0.15) is 0 Å². The van der Waals surface area contributed by atoms with E-state index < -0.39 is 0 Å². The molecule has 4 nitrogen and oxygen atoms in total. The second kappa shape index (κ2) is 11.1. The molecule has 4 aromatic carbocycles. The average molecular weight is 595 g/mol. The molecule has 3 aromatic heterocycles. The summed E-state index contributed by atoms with van der Waals surface area (Å²) in [6.45, 7) is 0.902. The molecule has 0 saturated carbocycles. The van der Waals surface area contributed by atoms with Gasteiger partial charge < -0.3 is 9.13 Å². The smallest absolute Gasteiger partial charge is 0.0724 e. The Labute approximate surface area is 269 Å². The van der Waals surface area contributed by atoms with Crippen molar-refractivity contribution in [3.05, 3.63) is 166 Å². The molecule has 2 aliphatic rings. The number of fused-ring (bicyclic) bond motifs is 6. The normalized spacial score (nSPS) is 13.7. The van der Waals surface area contributed by atoms with Crippen molar-refractivity contribution in [1.82, 2.24) is 14.1 Å². The fourth-order valence-corrected chi connectivity index (χ4v) is 7.47. The highest BCUT2D eigenvalue weighted by atomic mass is 15.0. The first kappa shape index (κ1) is 26.9. The highest BCUT2D eigenvalue weighted by Crippen LogP contribution is 2.34. The predicted molar refractivity (Wildman–Crippen MR) is 190 cm³/mol. The van der Waals surface area contributed by atoms with Crippen molar-refractivity contribution in [3.8, 4) is 11.4 Å². The Morgan fingerprint density at radius 2 is 1.17 bits per heavy atom. The summed E-state index contributed by atoms with van der Waals surface area (Å²) in [7, 11) is 0. The molecule has 9 rings (SSSR count). The van der Waals surface area contributed by atoms with Gasteiger partial charge in [0.25, 0.3) is 0 Å². The second-order valence-corrected chi connectivity index (χ2v) is 12.5. The Bertz CT molecular complexity index is 2190. The summed E-state index contributed by atoms with van der Waals surface area (Å²) in [5, 5.41) is 2.49. The molecular formula is C42H34N4. The third-order valence-corrected chi connectivity index (χ3v) is 9.71. The van der Waals surface area contributed by atoms with E-state index in [0.717, 1.165) is 49.9 Å². The molecule has 1 aliphatic heterocycles. The van der Waals surface area contributed by atoms with Crippen LogP contribution in [0.5, 0.6) is 0 Å². The molecule has 222 valence electrons. The van der Waals surface area contributed by atoms with E-state index in [1.54, 1.807) is 0 Å². The van der Waals surface area contributed by atoms with Crippen LogP contribution >= 0.6 is 0 Å². The van der Waals surface area contributed by atoms with Crippen LogP contribution in [0.3, 0.4) is 0 Å². The number of rotatable bonds is 6. The number of aliphatic imine (C=N–C) groups is 1. The maximum Gasteiger partial charge on any atom is 0.0724 e. The third-order valence-electron chi connectivity index (χ3n) is 9.71. The Kier molecular flexibility index (Phi) is 6.52. The van der Waals surface area contributed by atoms with E-state index in [0.29, 0.717) is 0 Å². The molecule has 0 amide bonds. The van der Waals surface area contributed by atoms with Gasteiger partial charge in [0.1, 0.15) is 0 Å². The number of benzene rings is 4. The lowest BCUT2D eigenvalue weighted by atomic mass is 9.97. The predicted octanol–water partition coefficient (Wildman–Crippen LogP) is 9.09. The van der Waals surface area contributed by atoms with E-state index in [9.17, 15) is 0 Å². The Morgan fingerprint density at radius 3 is 1.89 bits per heavy atom. The van der Waals surface area contributed by atoms with Crippen molar-refractivity contribution in [2.75, 3.05) is 6.54 Å². The molecule has 4 heteroatoms. The van der Waals surface area contributed by atoms with Gasteiger partial charge in [0.15, 0.2) is 0 Å². The zero-order chi connectivity index (χ0) is 30.5. The summed E-state index contributed by atoms with van der Waals surface area (Å²) < 4.78 is 4.72. The van der Waals surface area contributed by atoms with Crippen LogP contribution in [0.1, 0.15) is 51.2 Å². The number of nitrogens with zero attached hydrogens (tertiary/aromatic N) is 4. The minimum Gasteiger partial charge on any atom is -0.308 e. The summed E-state index contributed by atoms with van der Waals surface area (Å²) >= 11 is 0. The lowest BCUT2D eigenvalue weighted by Gasteiger charge is -2.14. The number of aromatic nitrogens is 3. The number of hydrogen-bond acceptors (Lipinski definition) is 2. The van der Waals surface area contributed by atoms with Crippen molar-refractivity contribution in [2.24, 2.45) is 4.99 Å². The van der Waals surface area contributed by atoms with Gasteiger partial charge in [-0.3, -0.25) is 9.98 Å². The van der Waals surface area contributed by atoms with E-state index in [2.05, 4.69) is 141 Å². The third kappa shape index (κ3) is 4.60. The largest absolute Gasteiger partial charge is 0.308 e. The minimum atomic E-state index is 0.902. The Morgan fingerprint density at radius 1 is 0.565 bits per heavy atom. The van der Waals surface area contributed by atoms with Crippen LogP contribution in [-0.2, 0) is 25.7 Å². The summed E-state index contributed by atoms with van der Waals surface area (Å²) in [6.07, 6.45) is 15.7. The molecule has 1 aliphatic carbocycles. The van der Waals surface area contributed by atoms with Crippen LogP contribution in [0.15, 0.2) is 127 Å². The maximum absolute atomic E-state index is 4.62. The molecule has 0 unspecified atom stereocenters. The van der Waals surface area contributed by atoms with E-state index in [1.165, 1.54) is 66.7 Å². The average Bonchev–Trinajstić information content (AvgIpc) is 3.63. The first-order valence-electron chi connectivity index (χ1n) is 16.3. The summed E-state index contributed by atoms with van der Waals surface area (Å²) in [6, 6.07) is 37.9. The van der Waals surface area contributed by atoms with Crippen molar-refractivity contribution in [2.45, 2.75) is 32.1 Å². The highest BCUT2D eigenvalue weighted by molar-refractivity contribution is 6.08. The molecule has 4 heterocycles. The summed E-state index contributed by atoms with van der Waals surface area (Å²) in [5.74, 6) is 0. The van der Waals surface area contributed by atoms with Crippen molar-refractivity contribution >= 4 is 34.1 Å². The van der Waals surface area contributed by atoms with Gasteiger partial charge in [-0.25, -0.2) is 0 Å². The molecule has 0 N–H and O–H groups in total. The first-order valence-corrected chi connectivity index (χ1v) is 16.3. The second-order valence-electron chi connectivity index (χ2n) is 12.5. The molecule has 0 bridgehead atoms. The van der Waals surface area contributed by atoms with Gasteiger partial charge >= 0.3 is 0 Å². The van der Waals surface area contributed by atoms with E-state index >= 15 is 0 Å². The minimum absolute atomic E-state index is 0.902. The molecule has 0 saturated heterocycles.